The van der Waals surface area contributed by atoms with E-state index < -0.39 is 23.7 Å². The van der Waals surface area contributed by atoms with Crippen LogP contribution in [-0.4, -0.2) is 67.6 Å². The molecular formula is C35H42N2O7. The van der Waals surface area contributed by atoms with Gasteiger partial charge in [-0.3, -0.25) is 14.6 Å². The number of aromatic nitrogens is 1. The number of amides is 1. The molecule has 0 aliphatic carbocycles. The number of benzene rings is 2. The molecule has 1 aliphatic rings. The number of ketones is 1. The lowest BCUT2D eigenvalue weighted by Crippen LogP contribution is -2.51. The van der Waals surface area contributed by atoms with Crippen molar-refractivity contribution in [3.8, 4) is 17.2 Å². The van der Waals surface area contributed by atoms with E-state index >= 15 is 0 Å². The molecule has 0 N–H and O–H groups in total. The molecule has 1 fully saturated rings. The monoisotopic (exact) mass is 602 g/mol. The van der Waals surface area contributed by atoms with Crippen LogP contribution in [0.1, 0.15) is 66.6 Å². The number of nitrogens with zero attached hydrogens (tertiary/aromatic N) is 2. The first-order valence-electron chi connectivity index (χ1n) is 15.2. The maximum Gasteiger partial charge on any atom is 0.329 e. The molecule has 1 aliphatic heterocycles. The summed E-state index contributed by atoms with van der Waals surface area (Å²) in [4.78, 5) is 46.4. The van der Waals surface area contributed by atoms with Gasteiger partial charge in [0, 0.05) is 24.0 Å². The predicted molar refractivity (Wildman–Crippen MR) is 166 cm³/mol. The number of rotatable bonds is 15. The van der Waals surface area contributed by atoms with E-state index in [2.05, 4.69) is 17.1 Å². The number of pyridine rings is 1. The van der Waals surface area contributed by atoms with Gasteiger partial charge in [0.05, 0.1) is 21.3 Å². The average Bonchev–Trinajstić information content (AvgIpc) is 3.07. The molecule has 0 spiro atoms. The van der Waals surface area contributed by atoms with Gasteiger partial charge in [-0.15, -0.1) is 0 Å². The average molecular weight is 603 g/mol. The normalized spacial score (nSPS) is 15.2. The van der Waals surface area contributed by atoms with Crippen LogP contribution >= 0.6 is 0 Å². The number of aryl methyl sites for hydroxylation is 2. The van der Waals surface area contributed by atoms with E-state index in [0.717, 1.165) is 37.8 Å². The standard InChI is InChI=1S/C35H42N2O7/c1-41-30-23-26(24-31(42-2)33(30)43-3)32(38)34(39)37-22-10-8-20-29(37)35(40)44-28(18-11-15-25-13-5-4-6-14-25)19-12-17-27-16-7-9-21-36-27/h4-7,9,13-14,16,21,23-24,28-29H,8,10-12,15,17-20,22H2,1-3H3/t28?,29-/m0/s1. The molecule has 0 radical (unpaired) electrons. The molecule has 2 atom stereocenters. The predicted octanol–water partition coefficient (Wildman–Crippen LogP) is 5.63. The van der Waals surface area contributed by atoms with Crippen molar-refractivity contribution in [3.63, 3.8) is 0 Å². The second kappa shape index (κ2) is 16.4. The summed E-state index contributed by atoms with van der Waals surface area (Å²) in [6.07, 6.45) is 8.10. The molecule has 1 unspecified atom stereocenters. The van der Waals surface area contributed by atoms with Gasteiger partial charge < -0.3 is 23.8 Å². The third-order valence-corrected chi connectivity index (χ3v) is 7.96. The zero-order valence-electron chi connectivity index (χ0n) is 25.8. The summed E-state index contributed by atoms with van der Waals surface area (Å²) < 4.78 is 22.2. The van der Waals surface area contributed by atoms with Gasteiger partial charge >= 0.3 is 5.97 Å². The van der Waals surface area contributed by atoms with Gasteiger partial charge in [-0.05, 0) is 87.6 Å². The van der Waals surface area contributed by atoms with Crippen LogP contribution in [0.2, 0.25) is 0 Å². The molecule has 2 aromatic carbocycles. The summed E-state index contributed by atoms with van der Waals surface area (Å²) in [5, 5.41) is 0. The van der Waals surface area contributed by atoms with Crippen molar-refractivity contribution < 1.29 is 33.3 Å². The number of carbonyl (C=O) groups is 3. The Morgan fingerprint density at radius 2 is 1.55 bits per heavy atom. The van der Waals surface area contributed by atoms with Crippen LogP contribution in [0.4, 0.5) is 0 Å². The molecule has 44 heavy (non-hydrogen) atoms. The minimum atomic E-state index is -0.824. The second-order valence-electron chi connectivity index (χ2n) is 10.9. The molecule has 0 bridgehead atoms. The molecule has 1 amide bonds. The third-order valence-electron chi connectivity index (χ3n) is 7.96. The molecule has 9 heteroatoms. The number of hydrogen-bond donors (Lipinski definition) is 0. The van der Waals surface area contributed by atoms with Gasteiger partial charge in [-0.2, -0.15) is 0 Å². The Hall–Kier alpha value is -4.40. The van der Waals surface area contributed by atoms with E-state index in [4.69, 9.17) is 18.9 Å². The third kappa shape index (κ3) is 8.58. The minimum absolute atomic E-state index is 0.0931. The fourth-order valence-corrected chi connectivity index (χ4v) is 5.63. The van der Waals surface area contributed by atoms with E-state index in [-0.39, 0.29) is 23.2 Å². The summed E-state index contributed by atoms with van der Waals surface area (Å²) in [6, 6.07) is 18.2. The SMILES string of the molecule is COc1cc(C(=O)C(=O)N2CCCC[C@H]2C(=O)OC(CCCc2ccccc2)CCCc2ccccn2)cc(OC)c1OC. The summed E-state index contributed by atoms with van der Waals surface area (Å²) >= 11 is 0. The Morgan fingerprint density at radius 1 is 0.864 bits per heavy atom. The molecule has 1 aromatic heterocycles. The second-order valence-corrected chi connectivity index (χ2v) is 10.9. The van der Waals surface area contributed by atoms with Gasteiger partial charge in [0.2, 0.25) is 5.75 Å². The largest absolute Gasteiger partial charge is 0.493 e. The number of hydrogen-bond acceptors (Lipinski definition) is 8. The smallest absolute Gasteiger partial charge is 0.329 e. The molecule has 0 saturated carbocycles. The van der Waals surface area contributed by atoms with Crippen molar-refractivity contribution in [3.05, 3.63) is 83.7 Å². The van der Waals surface area contributed by atoms with E-state index in [1.165, 1.54) is 43.9 Å². The number of ether oxygens (including phenoxy) is 4. The maximum absolute atomic E-state index is 13.6. The van der Waals surface area contributed by atoms with Crippen LogP contribution in [-0.2, 0) is 27.2 Å². The van der Waals surface area contributed by atoms with E-state index in [9.17, 15) is 14.4 Å². The molecule has 234 valence electrons. The summed E-state index contributed by atoms with van der Waals surface area (Å²) in [7, 11) is 4.35. The van der Waals surface area contributed by atoms with Crippen molar-refractivity contribution in [2.45, 2.75) is 69.9 Å². The highest BCUT2D eigenvalue weighted by Crippen LogP contribution is 2.38. The number of piperidine rings is 1. The first kappa shape index (κ1) is 32.5. The van der Waals surface area contributed by atoms with Crippen molar-refractivity contribution >= 4 is 17.7 Å². The Balaban J connectivity index is 1.45. The van der Waals surface area contributed by atoms with Crippen LogP contribution in [0.5, 0.6) is 17.2 Å². The highest BCUT2D eigenvalue weighted by molar-refractivity contribution is 6.43. The zero-order chi connectivity index (χ0) is 31.3. The highest BCUT2D eigenvalue weighted by Gasteiger charge is 2.37. The molecule has 2 heterocycles. The number of esters is 1. The highest BCUT2D eigenvalue weighted by atomic mass is 16.5. The van der Waals surface area contributed by atoms with Crippen LogP contribution in [0, 0.1) is 0 Å². The minimum Gasteiger partial charge on any atom is -0.493 e. The quantitative estimate of drug-likeness (QED) is 0.125. The fraction of sp³-hybridized carbons (Fsp3) is 0.429. The summed E-state index contributed by atoms with van der Waals surface area (Å²) in [5.41, 5.74) is 2.33. The van der Waals surface area contributed by atoms with Crippen LogP contribution < -0.4 is 14.2 Å². The Labute approximate surface area is 259 Å². The number of likely N-dealkylation sites (tertiary alicyclic amines) is 1. The molecular weight excluding hydrogens is 560 g/mol. The molecule has 3 aromatic rings. The number of methoxy groups -OCH3 is 3. The summed E-state index contributed by atoms with van der Waals surface area (Å²) in [5.74, 6) is -1.11. The van der Waals surface area contributed by atoms with Crippen molar-refractivity contribution in [1.82, 2.24) is 9.88 Å². The number of Topliss-reactive ketones (excluding diaryl/α,β-unsaturated/α-hetero) is 1. The van der Waals surface area contributed by atoms with Crippen LogP contribution in [0.25, 0.3) is 0 Å². The lowest BCUT2D eigenvalue weighted by Gasteiger charge is -2.34. The Bertz CT molecular complexity index is 1310. The first-order valence-corrected chi connectivity index (χ1v) is 15.2. The van der Waals surface area contributed by atoms with Crippen molar-refractivity contribution in [1.29, 1.82) is 0 Å². The van der Waals surface area contributed by atoms with Crippen molar-refractivity contribution in [2.75, 3.05) is 27.9 Å². The summed E-state index contributed by atoms with van der Waals surface area (Å²) in [6.45, 7) is 0.299. The number of carbonyl (C=O) groups excluding carboxylic acids is 3. The van der Waals surface area contributed by atoms with Gasteiger partial charge in [0.15, 0.2) is 11.5 Å². The lowest BCUT2D eigenvalue weighted by molar-refractivity contribution is -0.161. The Kier molecular flexibility index (Phi) is 12.2. The van der Waals surface area contributed by atoms with E-state index in [1.807, 2.05) is 36.4 Å². The zero-order valence-corrected chi connectivity index (χ0v) is 25.8. The van der Waals surface area contributed by atoms with Crippen LogP contribution in [0.3, 0.4) is 0 Å². The fourth-order valence-electron chi connectivity index (χ4n) is 5.63. The van der Waals surface area contributed by atoms with Gasteiger partial charge in [-0.25, -0.2) is 4.79 Å². The Morgan fingerprint density at radius 3 is 2.18 bits per heavy atom. The van der Waals surface area contributed by atoms with Crippen molar-refractivity contribution in [2.24, 2.45) is 0 Å². The molecule has 1 saturated heterocycles. The molecule has 9 nitrogen and oxygen atoms in total. The maximum atomic E-state index is 13.6. The van der Waals surface area contributed by atoms with Gasteiger partial charge in [0.25, 0.3) is 11.7 Å². The first-order chi connectivity index (χ1) is 21.4. The topological polar surface area (TPSA) is 104 Å². The van der Waals surface area contributed by atoms with E-state index in [1.54, 1.807) is 6.20 Å². The van der Waals surface area contributed by atoms with Gasteiger partial charge in [-0.1, -0.05) is 36.4 Å². The van der Waals surface area contributed by atoms with Crippen LogP contribution in [0.15, 0.2) is 66.9 Å². The van der Waals surface area contributed by atoms with Gasteiger partial charge in [0.1, 0.15) is 12.1 Å². The van der Waals surface area contributed by atoms with E-state index in [0.29, 0.717) is 38.0 Å². The molecule has 4 rings (SSSR count). The lowest BCUT2D eigenvalue weighted by atomic mass is 9.99.